The molecule has 80 valence electrons. The molecule has 0 aromatic rings. The lowest BCUT2D eigenvalue weighted by molar-refractivity contribution is -0.655. The average Bonchev–Trinajstić information content (AvgIpc) is 2.03. The molecule has 0 aromatic heterocycles. The molecule has 0 radical (unpaired) electrons. The second kappa shape index (κ2) is 14.2. The first-order valence-corrected chi connectivity index (χ1v) is 5.34. The molecule has 0 rings (SSSR count). The summed E-state index contributed by atoms with van der Waals surface area (Å²) in [6, 6.07) is 0. The van der Waals surface area contributed by atoms with Gasteiger partial charge < -0.3 is 28.5 Å². The summed E-state index contributed by atoms with van der Waals surface area (Å²) in [5.41, 5.74) is 4.29. The molecule has 4 heteroatoms. The molecule has 13 heavy (non-hydrogen) atoms. The molecule has 0 unspecified atom stereocenters. The van der Waals surface area contributed by atoms with E-state index in [9.17, 15) is 0 Å². The maximum atomic E-state index is 9.04. The molecule has 0 bridgehead atoms. The van der Waals surface area contributed by atoms with E-state index in [0.717, 1.165) is 0 Å². The number of carbonyl (C=O) groups excluding carboxylic acids is 1. The van der Waals surface area contributed by atoms with Crippen LogP contribution >= 0.6 is 0 Å². The highest BCUT2D eigenvalue weighted by Gasteiger charge is 1.86. The third-order valence-corrected chi connectivity index (χ3v) is 1.52. The summed E-state index contributed by atoms with van der Waals surface area (Å²) < 4.78 is 0. The SMILES string of the molecule is CCCC[NH2+]CCCC.NC(=O)[S-]. The number of hydrogen-bond donors (Lipinski definition) is 2. The summed E-state index contributed by atoms with van der Waals surface area (Å²) in [6.45, 7) is 7.15. The van der Waals surface area contributed by atoms with Gasteiger partial charge in [-0.2, -0.15) is 0 Å². The first-order valence-electron chi connectivity index (χ1n) is 4.93. The molecule has 0 saturated carbocycles. The highest BCUT2D eigenvalue weighted by Crippen LogP contribution is 1.80. The molecular weight excluding hydrogens is 184 g/mol. The molecule has 0 heterocycles. The van der Waals surface area contributed by atoms with Crippen molar-refractivity contribution in [3.63, 3.8) is 0 Å². The van der Waals surface area contributed by atoms with Crippen LogP contribution in [0.4, 0.5) is 4.79 Å². The van der Waals surface area contributed by atoms with Crippen molar-refractivity contribution in [1.82, 2.24) is 0 Å². The number of amides is 1. The largest absolute Gasteiger partial charge is 0.719 e. The minimum absolute atomic E-state index is 0.750. The van der Waals surface area contributed by atoms with Crippen molar-refractivity contribution >= 4 is 17.9 Å². The topological polar surface area (TPSA) is 59.7 Å². The summed E-state index contributed by atoms with van der Waals surface area (Å²) in [5, 5.41) is 1.67. The Labute approximate surface area is 86.9 Å². The summed E-state index contributed by atoms with van der Waals surface area (Å²) in [6.07, 6.45) is 5.43. The van der Waals surface area contributed by atoms with E-state index in [0.29, 0.717) is 0 Å². The van der Waals surface area contributed by atoms with Crippen LogP contribution in [0.1, 0.15) is 39.5 Å². The van der Waals surface area contributed by atoms with Crippen LogP contribution < -0.4 is 11.1 Å². The second-order valence-corrected chi connectivity index (χ2v) is 3.29. The number of carbonyl (C=O) groups is 1. The van der Waals surface area contributed by atoms with Gasteiger partial charge in [0, 0.05) is 0 Å². The van der Waals surface area contributed by atoms with Crippen molar-refractivity contribution < 1.29 is 10.1 Å². The molecule has 0 aliphatic carbocycles. The van der Waals surface area contributed by atoms with Gasteiger partial charge in [-0.15, -0.1) is 0 Å². The standard InChI is InChI=1S/C8H19N.CH3NOS/c1-3-5-7-9-8-6-4-2;2-1(3)4/h9H,3-8H2,1-2H3;(H3,2,3,4). The lowest BCUT2D eigenvalue weighted by Gasteiger charge is -1.96. The minimum Gasteiger partial charge on any atom is -0.719 e. The van der Waals surface area contributed by atoms with Crippen LogP contribution in [-0.2, 0) is 12.6 Å². The molecule has 3 nitrogen and oxygen atoms in total. The molecule has 1 amide bonds. The van der Waals surface area contributed by atoms with Crippen molar-refractivity contribution in [2.45, 2.75) is 39.5 Å². The van der Waals surface area contributed by atoms with Crippen LogP contribution in [0.5, 0.6) is 0 Å². The van der Waals surface area contributed by atoms with Gasteiger partial charge in [0.05, 0.1) is 18.3 Å². The van der Waals surface area contributed by atoms with E-state index in [4.69, 9.17) is 4.79 Å². The van der Waals surface area contributed by atoms with Gasteiger partial charge in [-0.05, 0) is 12.8 Å². The predicted molar refractivity (Wildman–Crippen MR) is 58.4 cm³/mol. The second-order valence-electron chi connectivity index (χ2n) is 2.89. The quantitative estimate of drug-likeness (QED) is 0.498. The number of nitrogens with two attached hydrogens (primary N) is 2. The zero-order valence-corrected chi connectivity index (χ0v) is 9.53. The van der Waals surface area contributed by atoms with Gasteiger partial charge in [-0.3, -0.25) is 0 Å². The predicted octanol–water partition coefficient (Wildman–Crippen LogP) is 0.762. The van der Waals surface area contributed by atoms with Gasteiger partial charge in [0.15, 0.2) is 0 Å². The summed E-state index contributed by atoms with van der Waals surface area (Å²) in [4.78, 5) is 9.04. The van der Waals surface area contributed by atoms with Crippen molar-refractivity contribution in [2.75, 3.05) is 13.1 Å². The Kier molecular flexibility index (Phi) is 16.5. The Hall–Kier alpha value is -0.350. The fourth-order valence-corrected chi connectivity index (χ4v) is 0.841. The first-order chi connectivity index (χ1) is 6.15. The Morgan fingerprint density at radius 2 is 1.54 bits per heavy atom. The lowest BCUT2D eigenvalue weighted by Crippen LogP contribution is -2.84. The van der Waals surface area contributed by atoms with Crippen LogP contribution in [-0.4, -0.2) is 18.3 Å². The Morgan fingerprint density at radius 3 is 1.77 bits per heavy atom. The van der Waals surface area contributed by atoms with Crippen molar-refractivity contribution in [1.29, 1.82) is 0 Å². The minimum atomic E-state index is -0.750. The molecular formula is C9H22N2OS. The zero-order chi connectivity index (χ0) is 10.5. The van der Waals surface area contributed by atoms with E-state index in [2.05, 4.69) is 37.5 Å². The lowest BCUT2D eigenvalue weighted by atomic mass is 10.3. The molecule has 0 saturated heterocycles. The third-order valence-electron chi connectivity index (χ3n) is 1.52. The fraction of sp³-hybridized carbons (Fsp3) is 0.889. The van der Waals surface area contributed by atoms with E-state index in [1.54, 1.807) is 0 Å². The molecule has 0 aliphatic rings. The maximum Gasteiger partial charge on any atom is 0.0954 e. The summed E-state index contributed by atoms with van der Waals surface area (Å²) >= 11 is 3.76. The smallest absolute Gasteiger partial charge is 0.0954 e. The van der Waals surface area contributed by atoms with Gasteiger partial charge in [0.1, 0.15) is 0 Å². The van der Waals surface area contributed by atoms with Crippen LogP contribution in [0, 0.1) is 0 Å². The molecule has 0 aromatic carbocycles. The van der Waals surface area contributed by atoms with Crippen LogP contribution in [0.25, 0.3) is 0 Å². The highest BCUT2D eigenvalue weighted by atomic mass is 32.1. The average molecular weight is 206 g/mol. The molecule has 0 aliphatic heterocycles. The number of rotatable bonds is 6. The van der Waals surface area contributed by atoms with E-state index in [1.807, 2.05) is 0 Å². The van der Waals surface area contributed by atoms with Gasteiger partial charge >= 0.3 is 0 Å². The number of quaternary nitrogens is 1. The number of primary amides is 1. The zero-order valence-electron chi connectivity index (χ0n) is 8.71. The first kappa shape index (κ1) is 15.1. The van der Waals surface area contributed by atoms with E-state index in [-0.39, 0.29) is 0 Å². The third kappa shape index (κ3) is 34.0. The van der Waals surface area contributed by atoms with E-state index in [1.165, 1.54) is 38.8 Å². The fourth-order valence-electron chi connectivity index (χ4n) is 0.841. The number of hydrogen-bond acceptors (Lipinski definition) is 2. The normalized spacial score (nSPS) is 8.77. The Bertz CT molecular complexity index is 99.8. The molecule has 4 N–H and O–H groups in total. The van der Waals surface area contributed by atoms with Gasteiger partial charge in [-0.1, -0.05) is 26.7 Å². The summed E-state index contributed by atoms with van der Waals surface area (Å²) in [5.74, 6) is 0. The molecule has 0 fully saturated rings. The maximum absolute atomic E-state index is 9.04. The highest BCUT2D eigenvalue weighted by molar-refractivity contribution is 7.76. The van der Waals surface area contributed by atoms with E-state index < -0.39 is 5.24 Å². The Morgan fingerprint density at radius 1 is 1.23 bits per heavy atom. The monoisotopic (exact) mass is 206 g/mol. The van der Waals surface area contributed by atoms with Crippen molar-refractivity contribution in [3.05, 3.63) is 0 Å². The van der Waals surface area contributed by atoms with Gasteiger partial charge in [-0.25, -0.2) is 0 Å². The van der Waals surface area contributed by atoms with Crippen molar-refractivity contribution in [3.8, 4) is 0 Å². The summed E-state index contributed by atoms with van der Waals surface area (Å²) in [7, 11) is 0. The molecule has 0 spiro atoms. The Balaban J connectivity index is 0. The van der Waals surface area contributed by atoms with Crippen LogP contribution in [0.2, 0.25) is 0 Å². The molecule has 0 atom stereocenters. The van der Waals surface area contributed by atoms with Crippen molar-refractivity contribution in [2.24, 2.45) is 5.73 Å². The van der Waals surface area contributed by atoms with E-state index >= 15 is 0 Å². The van der Waals surface area contributed by atoms with Crippen LogP contribution in [0.15, 0.2) is 0 Å². The van der Waals surface area contributed by atoms with Gasteiger partial charge in [0.25, 0.3) is 0 Å². The number of unbranched alkanes of at least 4 members (excludes halogenated alkanes) is 2. The van der Waals surface area contributed by atoms with Gasteiger partial charge in [0.2, 0.25) is 0 Å². The van der Waals surface area contributed by atoms with Crippen LogP contribution in [0.3, 0.4) is 0 Å².